The van der Waals surface area contributed by atoms with Gasteiger partial charge in [-0.15, -0.1) is 0 Å². The molecule has 1 aromatic carbocycles. The van der Waals surface area contributed by atoms with Gasteiger partial charge in [0.2, 0.25) is 0 Å². The van der Waals surface area contributed by atoms with Crippen LogP contribution in [-0.2, 0) is 0 Å². The number of benzene rings is 1. The van der Waals surface area contributed by atoms with Gasteiger partial charge in [-0.25, -0.2) is 0 Å². The van der Waals surface area contributed by atoms with Crippen LogP contribution in [0.15, 0.2) is 12.1 Å². The summed E-state index contributed by atoms with van der Waals surface area (Å²) in [6, 6.07) is 2.40. The van der Waals surface area contributed by atoms with Crippen LogP contribution in [0, 0.1) is 0 Å². The maximum absolute atomic E-state index is 9.97. The molecule has 1 aromatic rings. The van der Waals surface area contributed by atoms with Crippen LogP contribution in [0.2, 0.25) is 0 Å². The van der Waals surface area contributed by atoms with Crippen molar-refractivity contribution in [3.05, 3.63) is 17.7 Å². The van der Waals surface area contributed by atoms with Crippen LogP contribution < -0.4 is 15.2 Å². The first-order chi connectivity index (χ1) is 8.54. The molecule has 0 bridgehead atoms. The van der Waals surface area contributed by atoms with E-state index >= 15 is 0 Å². The van der Waals surface area contributed by atoms with E-state index in [1.165, 1.54) is 20.3 Å². The largest absolute Gasteiger partial charge is 0.507 e. The molecular weight excluding hydrogens is 234 g/mol. The molecule has 0 aliphatic carbocycles. The Morgan fingerprint density at radius 3 is 2.44 bits per heavy atom. The zero-order valence-electron chi connectivity index (χ0n) is 11.0. The average Bonchev–Trinajstić information content (AvgIpc) is 2.37. The number of hydrogen-bond acceptors (Lipinski definition) is 5. The summed E-state index contributed by atoms with van der Waals surface area (Å²) in [5.41, 5.74) is 6.36. The average molecular weight is 255 g/mol. The Morgan fingerprint density at radius 2 is 1.94 bits per heavy atom. The monoisotopic (exact) mass is 255 g/mol. The van der Waals surface area contributed by atoms with Gasteiger partial charge in [0.15, 0.2) is 0 Å². The number of hydrogen-bond donors (Lipinski definition) is 3. The normalized spacial score (nSPS) is 14.1. The van der Waals surface area contributed by atoms with Gasteiger partial charge in [-0.3, -0.25) is 0 Å². The van der Waals surface area contributed by atoms with Gasteiger partial charge in [0, 0.05) is 12.1 Å². The molecule has 0 saturated heterocycles. The number of phenols is 1. The van der Waals surface area contributed by atoms with Crippen molar-refractivity contribution >= 4 is 0 Å². The molecule has 0 saturated carbocycles. The van der Waals surface area contributed by atoms with Gasteiger partial charge in [-0.2, -0.15) is 0 Å². The molecule has 0 fully saturated rings. The van der Waals surface area contributed by atoms with Crippen molar-refractivity contribution in [2.24, 2.45) is 5.73 Å². The number of aliphatic hydroxyl groups is 1. The molecule has 0 unspecified atom stereocenters. The first-order valence-electron chi connectivity index (χ1n) is 5.93. The zero-order chi connectivity index (χ0) is 13.7. The van der Waals surface area contributed by atoms with Crippen molar-refractivity contribution in [2.45, 2.75) is 31.9 Å². The van der Waals surface area contributed by atoms with Gasteiger partial charge < -0.3 is 25.4 Å². The van der Waals surface area contributed by atoms with Crippen molar-refractivity contribution < 1.29 is 19.7 Å². The highest BCUT2D eigenvalue weighted by Crippen LogP contribution is 2.38. The molecule has 102 valence electrons. The van der Waals surface area contributed by atoms with E-state index in [9.17, 15) is 10.2 Å². The molecule has 1 rings (SSSR count). The predicted molar refractivity (Wildman–Crippen MR) is 69.1 cm³/mol. The molecule has 0 amide bonds. The summed E-state index contributed by atoms with van der Waals surface area (Å²) in [4.78, 5) is 0. The highest BCUT2D eigenvalue weighted by molar-refractivity contribution is 5.51. The summed E-state index contributed by atoms with van der Waals surface area (Å²) in [6.45, 7) is 1.96. The van der Waals surface area contributed by atoms with Crippen LogP contribution >= 0.6 is 0 Å². The lowest BCUT2D eigenvalue weighted by molar-refractivity contribution is 0.131. The number of methoxy groups -OCH3 is 2. The van der Waals surface area contributed by atoms with Crippen molar-refractivity contribution in [2.75, 3.05) is 14.2 Å². The Bertz CT molecular complexity index is 395. The molecular formula is C13H21NO4. The molecule has 0 heterocycles. The fourth-order valence-corrected chi connectivity index (χ4v) is 1.88. The smallest absolute Gasteiger partial charge is 0.131 e. The minimum absolute atomic E-state index is 0.0335. The molecule has 0 aromatic heterocycles. The van der Waals surface area contributed by atoms with Crippen LogP contribution in [0.25, 0.3) is 0 Å². The van der Waals surface area contributed by atoms with E-state index in [0.29, 0.717) is 23.5 Å². The maximum Gasteiger partial charge on any atom is 0.131 e. The summed E-state index contributed by atoms with van der Waals surface area (Å²) in [6.07, 6.45) is 0.660. The second kappa shape index (κ2) is 6.47. The van der Waals surface area contributed by atoms with Crippen molar-refractivity contribution in [1.82, 2.24) is 0 Å². The molecule has 18 heavy (non-hydrogen) atoms. The number of rotatable bonds is 6. The van der Waals surface area contributed by atoms with Crippen LogP contribution in [0.3, 0.4) is 0 Å². The lowest BCUT2D eigenvalue weighted by Gasteiger charge is -2.22. The van der Waals surface area contributed by atoms with Gasteiger partial charge in [0.05, 0.1) is 31.9 Å². The maximum atomic E-state index is 9.97. The van der Waals surface area contributed by atoms with Gasteiger partial charge in [0.1, 0.15) is 17.2 Å². The van der Waals surface area contributed by atoms with Crippen molar-refractivity contribution in [3.8, 4) is 17.2 Å². The minimum atomic E-state index is -0.719. The van der Waals surface area contributed by atoms with Crippen LogP contribution in [-0.4, -0.2) is 30.5 Å². The zero-order valence-corrected chi connectivity index (χ0v) is 11.0. The number of nitrogens with two attached hydrogens (primary N) is 1. The first-order valence-corrected chi connectivity index (χ1v) is 5.93. The third kappa shape index (κ3) is 3.05. The molecule has 5 heteroatoms. The first kappa shape index (κ1) is 14.6. The predicted octanol–water partition coefficient (Wildman–Crippen LogP) is 1.57. The Balaban J connectivity index is 3.14. The van der Waals surface area contributed by atoms with E-state index in [2.05, 4.69) is 0 Å². The standard InChI is InChI=1S/C13H21NO4/c1-4-5-9(15)13(14)12-10(16)6-8(17-2)7-11(12)18-3/h6-7,9,13,15-16H,4-5,14H2,1-3H3/t9-,13-/m1/s1. The highest BCUT2D eigenvalue weighted by Gasteiger charge is 2.24. The summed E-state index contributed by atoms with van der Waals surface area (Å²) in [7, 11) is 2.98. The Labute approximate surface area is 107 Å². The third-order valence-corrected chi connectivity index (χ3v) is 2.88. The van der Waals surface area contributed by atoms with Crippen molar-refractivity contribution in [3.63, 3.8) is 0 Å². The number of aliphatic hydroxyl groups excluding tert-OH is 1. The van der Waals surface area contributed by atoms with E-state index in [-0.39, 0.29) is 5.75 Å². The Morgan fingerprint density at radius 1 is 1.28 bits per heavy atom. The molecule has 5 nitrogen and oxygen atoms in total. The molecule has 4 N–H and O–H groups in total. The lowest BCUT2D eigenvalue weighted by atomic mass is 9.97. The van der Waals surface area contributed by atoms with E-state index in [1.54, 1.807) is 6.07 Å². The lowest BCUT2D eigenvalue weighted by Crippen LogP contribution is -2.26. The number of ether oxygens (including phenoxy) is 2. The summed E-state index contributed by atoms with van der Waals surface area (Å²) < 4.78 is 10.2. The van der Waals surface area contributed by atoms with Gasteiger partial charge in [-0.1, -0.05) is 13.3 Å². The molecule has 0 aliphatic rings. The van der Waals surface area contributed by atoms with Crippen molar-refractivity contribution in [1.29, 1.82) is 0 Å². The SMILES string of the molecule is CCC[C@@H](O)[C@@H](N)c1c(O)cc(OC)cc1OC. The quantitative estimate of drug-likeness (QED) is 0.718. The molecule has 0 radical (unpaired) electrons. The van der Waals surface area contributed by atoms with E-state index in [4.69, 9.17) is 15.2 Å². The molecule has 2 atom stereocenters. The number of aromatic hydroxyl groups is 1. The minimum Gasteiger partial charge on any atom is -0.507 e. The molecule has 0 spiro atoms. The van der Waals surface area contributed by atoms with Gasteiger partial charge >= 0.3 is 0 Å². The summed E-state index contributed by atoms with van der Waals surface area (Å²) >= 11 is 0. The topological polar surface area (TPSA) is 84.9 Å². The Kier molecular flexibility index (Phi) is 5.25. The second-order valence-corrected chi connectivity index (χ2v) is 4.14. The number of phenolic OH excluding ortho intramolecular Hbond substituents is 1. The fraction of sp³-hybridized carbons (Fsp3) is 0.538. The highest BCUT2D eigenvalue weighted by atomic mass is 16.5. The second-order valence-electron chi connectivity index (χ2n) is 4.14. The van der Waals surface area contributed by atoms with Gasteiger partial charge in [0.25, 0.3) is 0 Å². The fourth-order valence-electron chi connectivity index (χ4n) is 1.88. The van der Waals surface area contributed by atoms with Crippen LogP contribution in [0.1, 0.15) is 31.4 Å². The third-order valence-electron chi connectivity index (χ3n) is 2.88. The summed E-state index contributed by atoms with van der Waals surface area (Å²) in [5.74, 6) is 0.855. The van der Waals surface area contributed by atoms with E-state index < -0.39 is 12.1 Å². The summed E-state index contributed by atoms with van der Waals surface area (Å²) in [5, 5.41) is 19.9. The van der Waals surface area contributed by atoms with E-state index in [1.807, 2.05) is 6.92 Å². The molecule has 0 aliphatic heterocycles. The van der Waals surface area contributed by atoms with E-state index in [0.717, 1.165) is 6.42 Å². The van der Waals surface area contributed by atoms with Crippen LogP contribution in [0.5, 0.6) is 17.2 Å². The van der Waals surface area contributed by atoms with Crippen LogP contribution in [0.4, 0.5) is 0 Å². The van der Waals surface area contributed by atoms with Gasteiger partial charge in [-0.05, 0) is 6.42 Å². The Hall–Kier alpha value is -1.46.